The maximum atomic E-state index is 12.2. The Morgan fingerprint density at radius 1 is 1.32 bits per heavy atom. The average Bonchev–Trinajstić information content (AvgIpc) is 3.21. The molecular formula is C17H21NO4. The first-order valence-electron chi connectivity index (χ1n) is 7.71. The second-order valence-corrected chi connectivity index (χ2v) is 6.39. The second-order valence-electron chi connectivity index (χ2n) is 6.39. The maximum Gasteiger partial charge on any atom is 0.307 e. The van der Waals surface area contributed by atoms with Crippen molar-refractivity contribution in [2.45, 2.75) is 26.2 Å². The van der Waals surface area contributed by atoms with Gasteiger partial charge in [0.1, 0.15) is 5.75 Å². The summed E-state index contributed by atoms with van der Waals surface area (Å²) < 4.78 is 5.59. The molecule has 22 heavy (non-hydrogen) atoms. The molecule has 5 nitrogen and oxygen atoms in total. The Hall–Kier alpha value is -2.04. The molecule has 118 valence electrons. The summed E-state index contributed by atoms with van der Waals surface area (Å²) in [4.78, 5) is 25.0. The largest absolute Gasteiger partial charge is 0.484 e. The van der Waals surface area contributed by atoms with E-state index < -0.39 is 5.97 Å². The fourth-order valence-corrected chi connectivity index (χ4v) is 3.40. The van der Waals surface area contributed by atoms with Crippen LogP contribution in [-0.4, -0.2) is 41.6 Å². The number of benzene rings is 1. The lowest BCUT2D eigenvalue weighted by molar-refractivity contribution is -0.140. The van der Waals surface area contributed by atoms with Gasteiger partial charge >= 0.3 is 5.97 Å². The third-order valence-corrected chi connectivity index (χ3v) is 5.04. The van der Waals surface area contributed by atoms with E-state index in [4.69, 9.17) is 9.84 Å². The number of para-hydroxylation sites is 1. The van der Waals surface area contributed by atoms with Crippen molar-refractivity contribution >= 4 is 11.9 Å². The molecule has 1 aliphatic carbocycles. The van der Waals surface area contributed by atoms with Crippen molar-refractivity contribution < 1.29 is 19.4 Å². The number of piperidine rings is 1. The van der Waals surface area contributed by atoms with Crippen LogP contribution in [0.2, 0.25) is 0 Å². The Bertz CT molecular complexity index is 590. The zero-order valence-corrected chi connectivity index (χ0v) is 12.7. The summed E-state index contributed by atoms with van der Waals surface area (Å²) in [7, 11) is 0. The highest BCUT2D eigenvalue weighted by molar-refractivity contribution is 5.78. The Morgan fingerprint density at radius 3 is 2.59 bits per heavy atom. The summed E-state index contributed by atoms with van der Waals surface area (Å²) in [5.74, 6) is -0.182. The highest BCUT2D eigenvalue weighted by Crippen LogP contribution is 2.59. The van der Waals surface area contributed by atoms with E-state index in [0.29, 0.717) is 13.1 Å². The number of amides is 1. The first-order valence-corrected chi connectivity index (χ1v) is 7.71. The molecule has 2 fully saturated rings. The minimum Gasteiger partial charge on any atom is -0.484 e. The van der Waals surface area contributed by atoms with Gasteiger partial charge in [-0.2, -0.15) is 0 Å². The van der Waals surface area contributed by atoms with E-state index in [9.17, 15) is 9.59 Å². The van der Waals surface area contributed by atoms with Gasteiger partial charge in [-0.05, 0) is 43.2 Å². The monoisotopic (exact) mass is 303 g/mol. The summed E-state index contributed by atoms with van der Waals surface area (Å²) in [6.07, 6.45) is 2.35. The van der Waals surface area contributed by atoms with Crippen molar-refractivity contribution in [3.8, 4) is 5.75 Å². The van der Waals surface area contributed by atoms with Crippen LogP contribution in [0.4, 0.5) is 0 Å². The van der Waals surface area contributed by atoms with E-state index in [1.807, 2.05) is 31.2 Å². The van der Waals surface area contributed by atoms with E-state index in [0.717, 1.165) is 30.6 Å². The van der Waals surface area contributed by atoms with Crippen molar-refractivity contribution in [3.05, 3.63) is 29.8 Å². The Morgan fingerprint density at radius 2 is 2.00 bits per heavy atom. The van der Waals surface area contributed by atoms with E-state index in [1.54, 1.807) is 4.90 Å². The van der Waals surface area contributed by atoms with E-state index in [2.05, 4.69) is 0 Å². The fourth-order valence-electron chi connectivity index (χ4n) is 3.40. The lowest BCUT2D eigenvalue weighted by Gasteiger charge is -2.32. The Labute approximate surface area is 129 Å². The van der Waals surface area contributed by atoms with Crippen LogP contribution in [0.25, 0.3) is 0 Å². The van der Waals surface area contributed by atoms with Gasteiger partial charge in [0, 0.05) is 13.1 Å². The predicted octanol–water partition coefficient (Wildman–Crippen LogP) is 2.09. The molecule has 0 bridgehead atoms. The lowest BCUT2D eigenvalue weighted by Crippen LogP contribution is -2.42. The van der Waals surface area contributed by atoms with Crippen LogP contribution in [0.3, 0.4) is 0 Å². The molecule has 1 N–H and O–H groups in total. The fraction of sp³-hybridized carbons (Fsp3) is 0.529. The van der Waals surface area contributed by atoms with Gasteiger partial charge in [0.2, 0.25) is 0 Å². The summed E-state index contributed by atoms with van der Waals surface area (Å²) in [5, 5.41) is 9.08. The third-order valence-electron chi connectivity index (χ3n) is 5.04. The molecule has 1 spiro atoms. The predicted molar refractivity (Wildman–Crippen MR) is 80.7 cm³/mol. The summed E-state index contributed by atoms with van der Waals surface area (Å²) in [6, 6.07) is 7.62. The zero-order valence-electron chi connectivity index (χ0n) is 12.7. The van der Waals surface area contributed by atoms with Crippen LogP contribution in [0.1, 0.15) is 24.8 Å². The quantitative estimate of drug-likeness (QED) is 0.925. The molecule has 5 heteroatoms. The van der Waals surface area contributed by atoms with Crippen molar-refractivity contribution in [2.24, 2.45) is 11.3 Å². The molecule has 1 unspecified atom stereocenters. The molecule has 1 amide bonds. The number of carbonyl (C=O) groups is 2. The summed E-state index contributed by atoms with van der Waals surface area (Å²) in [5.41, 5.74) is 0.967. The van der Waals surface area contributed by atoms with Gasteiger partial charge in [0.05, 0.1) is 5.92 Å². The van der Waals surface area contributed by atoms with Crippen LogP contribution in [0.5, 0.6) is 5.75 Å². The second kappa shape index (κ2) is 5.63. The van der Waals surface area contributed by atoms with E-state index in [1.165, 1.54) is 0 Å². The number of carboxylic acids is 1. The molecule has 1 saturated heterocycles. The number of rotatable bonds is 4. The Kier molecular flexibility index (Phi) is 3.81. The molecule has 1 aromatic rings. The van der Waals surface area contributed by atoms with Crippen molar-refractivity contribution in [1.29, 1.82) is 0 Å². The molecule has 3 rings (SSSR count). The molecule has 0 aromatic heterocycles. The van der Waals surface area contributed by atoms with E-state index >= 15 is 0 Å². The number of nitrogens with zero attached hydrogens (tertiary/aromatic N) is 1. The van der Waals surface area contributed by atoms with Gasteiger partial charge in [-0.3, -0.25) is 9.59 Å². The smallest absolute Gasteiger partial charge is 0.307 e. The van der Waals surface area contributed by atoms with E-state index in [-0.39, 0.29) is 23.8 Å². The highest BCUT2D eigenvalue weighted by atomic mass is 16.5. The number of aryl methyl sites for hydroxylation is 1. The minimum atomic E-state index is -0.692. The Balaban J connectivity index is 1.49. The number of carbonyl (C=O) groups excluding carboxylic acids is 1. The molecular weight excluding hydrogens is 282 g/mol. The number of likely N-dealkylation sites (tertiary alicyclic amines) is 1. The number of carboxylic acid groups (broad SMARTS) is 1. The summed E-state index contributed by atoms with van der Waals surface area (Å²) >= 11 is 0. The highest BCUT2D eigenvalue weighted by Gasteiger charge is 2.59. The number of hydrogen-bond acceptors (Lipinski definition) is 3. The topological polar surface area (TPSA) is 66.8 Å². The van der Waals surface area contributed by atoms with Gasteiger partial charge in [0.15, 0.2) is 6.61 Å². The van der Waals surface area contributed by atoms with Gasteiger partial charge in [-0.25, -0.2) is 0 Å². The van der Waals surface area contributed by atoms with Crippen molar-refractivity contribution in [3.63, 3.8) is 0 Å². The molecule has 1 heterocycles. The van der Waals surface area contributed by atoms with Gasteiger partial charge in [-0.15, -0.1) is 0 Å². The van der Waals surface area contributed by atoms with Gasteiger partial charge in [-0.1, -0.05) is 18.2 Å². The lowest BCUT2D eigenvalue weighted by atomic mass is 9.91. The molecule has 1 saturated carbocycles. The van der Waals surface area contributed by atoms with Gasteiger partial charge in [0.25, 0.3) is 5.91 Å². The molecule has 2 aliphatic rings. The number of aliphatic carboxylic acids is 1. The minimum absolute atomic E-state index is 0.0226. The normalized spacial score (nSPS) is 22.4. The van der Waals surface area contributed by atoms with Gasteiger partial charge < -0.3 is 14.7 Å². The van der Waals surface area contributed by atoms with Crippen LogP contribution >= 0.6 is 0 Å². The maximum absolute atomic E-state index is 12.2. The van der Waals surface area contributed by atoms with Crippen molar-refractivity contribution in [1.82, 2.24) is 4.90 Å². The molecule has 1 atom stereocenters. The number of ether oxygens (including phenoxy) is 1. The van der Waals surface area contributed by atoms with Crippen LogP contribution in [0.15, 0.2) is 24.3 Å². The summed E-state index contributed by atoms with van der Waals surface area (Å²) in [6.45, 7) is 3.27. The zero-order chi connectivity index (χ0) is 15.7. The number of hydrogen-bond donors (Lipinski definition) is 1. The van der Waals surface area contributed by atoms with Crippen LogP contribution in [-0.2, 0) is 9.59 Å². The molecule has 1 aromatic carbocycles. The first-order chi connectivity index (χ1) is 10.5. The third kappa shape index (κ3) is 2.80. The SMILES string of the molecule is Cc1ccccc1OCC(=O)N1CCC2(CC1)CC2C(=O)O. The average molecular weight is 303 g/mol. The molecule has 0 radical (unpaired) electrons. The molecule has 1 aliphatic heterocycles. The van der Waals surface area contributed by atoms with Crippen LogP contribution < -0.4 is 4.74 Å². The van der Waals surface area contributed by atoms with Crippen molar-refractivity contribution in [2.75, 3.05) is 19.7 Å². The first kappa shape index (κ1) is 14.9. The van der Waals surface area contributed by atoms with Crippen LogP contribution in [0, 0.1) is 18.3 Å². The standard InChI is InChI=1S/C17H21NO4/c1-12-4-2-3-5-14(12)22-11-15(19)18-8-6-17(7-9-18)10-13(17)16(20)21/h2-5,13H,6-11H2,1H3,(H,20,21).